The predicted octanol–water partition coefficient (Wildman–Crippen LogP) is 3.92. The molecule has 0 aromatic heterocycles. The van der Waals surface area contributed by atoms with Crippen LogP contribution < -0.4 is 5.32 Å². The van der Waals surface area contributed by atoms with Crippen molar-refractivity contribution in [3.63, 3.8) is 0 Å². The van der Waals surface area contributed by atoms with Crippen LogP contribution in [0.3, 0.4) is 0 Å². The first kappa shape index (κ1) is 15.7. The van der Waals surface area contributed by atoms with Gasteiger partial charge < -0.3 is 10.1 Å². The Labute approximate surface area is 126 Å². The molecular weight excluding hydrogens is 265 g/mol. The summed E-state index contributed by atoms with van der Waals surface area (Å²) in [5, 5.41) is 3.26. The third-order valence-electron chi connectivity index (χ3n) is 3.65. The van der Waals surface area contributed by atoms with Crippen molar-refractivity contribution >= 4 is 0 Å². The van der Waals surface area contributed by atoms with Gasteiger partial charge in [-0.25, -0.2) is 4.39 Å². The number of hydrogen-bond donors (Lipinski definition) is 1. The van der Waals surface area contributed by atoms with E-state index in [4.69, 9.17) is 4.74 Å². The molecule has 1 atom stereocenters. The molecule has 2 aromatic carbocycles. The highest BCUT2D eigenvalue weighted by atomic mass is 19.1. The summed E-state index contributed by atoms with van der Waals surface area (Å²) in [6.07, 6.45) is 0. The first-order valence-electron chi connectivity index (χ1n) is 7.17. The molecule has 2 rings (SSSR count). The van der Waals surface area contributed by atoms with Crippen molar-refractivity contribution in [1.29, 1.82) is 0 Å². The Balaban J connectivity index is 1.98. The molecule has 1 N–H and O–H groups in total. The maximum atomic E-state index is 13.5. The van der Waals surface area contributed by atoms with Crippen LogP contribution in [-0.2, 0) is 11.3 Å². The van der Waals surface area contributed by atoms with Gasteiger partial charge in [-0.05, 0) is 38.1 Å². The van der Waals surface area contributed by atoms with Crippen LogP contribution >= 0.6 is 0 Å². The van der Waals surface area contributed by atoms with Gasteiger partial charge in [0.25, 0.3) is 0 Å². The highest BCUT2D eigenvalue weighted by Crippen LogP contribution is 2.19. The Morgan fingerprint density at radius 1 is 1.14 bits per heavy atom. The first-order chi connectivity index (χ1) is 10.1. The van der Waals surface area contributed by atoms with E-state index in [1.807, 2.05) is 13.1 Å². The van der Waals surface area contributed by atoms with Crippen molar-refractivity contribution in [3.05, 3.63) is 70.5 Å². The molecule has 0 amide bonds. The average molecular weight is 287 g/mol. The van der Waals surface area contributed by atoms with Gasteiger partial charge in [-0.1, -0.05) is 42.0 Å². The predicted molar refractivity (Wildman–Crippen MR) is 83.8 cm³/mol. The van der Waals surface area contributed by atoms with Gasteiger partial charge in [0, 0.05) is 5.56 Å². The van der Waals surface area contributed by atoms with E-state index in [0.29, 0.717) is 12.2 Å². The van der Waals surface area contributed by atoms with Crippen molar-refractivity contribution in [2.75, 3.05) is 13.7 Å². The van der Waals surface area contributed by atoms with E-state index in [1.165, 1.54) is 22.8 Å². The minimum absolute atomic E-state index is 0.109. The molecule has 2 aromatic rings. The van der Waals surface area contributed by atoms with E-state index in [9.17, 15) is 4.39 Å². The lowest BCUT2D eigenvalue weighted by Gasteiger charge is -2.19. The summed E-state index contributed by atoms with van der Waals surface area (Å²) in [6.45, 7) is 4.98. The zero-order valence-corrected chi connectivity index (χ0v) is 12.8. The Kier molecular flexibility index (Phi) is 5.48. The normalized spacial score (nSPS) is 12.4. The van der Waals surface area contributed by atoms with E-state index in [-0.39, 0.29) is 18.5 Å². The van der Waals surface area contributed by atoms with Crippen molar-refractivity contribution < 1.29 is 9.13 Å². The standard InChI is InChI=1S/C18H22FNO/c1-13-8-9-16(14(2)10-13)18(20-3)12-21-11-15-6-4-5-7-17(15)19/h4-10,18,20H,11-12H2,1-3H3. The Hall–Kier alpha value is -1.71. The molecule has 0 radical (unpaired) electrons. The molecule has 3 heteroatoms. The average Bonchev–Trinajstić information content (AvgIpc) is 2.46. The molecule has 21 heavy (non-hydrogen) atoms. The molecule has 0 bridgehead atoms. The maximum absolute atomic E-state index is 13.5. The van der Waals surface area contributed by atoms with Crippen LogP contribution in [0.5, 0.6) is 0 Å². The lowest BCUT2D eigenvalue weighted by molar-refractivity contribution is 0.0984. The summed E-state index contributed by atoms with van der Waals surface area (Å²) in [6, 6.07) is 13.2. The number of halogens is 1. The molecule has 0 aliphatic rings. The summed E-state index contributed by atoms with van der Waals surface area (Å²) in [5.74, 6) is -0.218. The Morgan fingerprint density at radius 2 is 1.90 bits per heavy atom. The number of hydrogen-bond acceptors (Lipinski definition) is 2. The number of ether oxygens (including phenoxy) is 1. The summed E-state index contributed by atoms with van der Waals surface area (Å²) < 4.78 is 19.2. The molecule has 0 saturated carbocycles. The lowest BCUT2D eigenvalue weighted by atomic mass is 10.00. The van der Waals surface area contributed by atoms with Gasteiger partial charge in [0.1, 0.15) is 5.82 Å². The van der Waals surface area contributed by atoms with Gasteiger partial charge >= 0.3 is 0 Å². The zero-order valence-electron chi connectivity index (χ0n) is 12.8. The van der Waals surface area contributed by atoms with Gasteiger partial charge in [-0.3, -0.25) is 0 Å². The fourth-order valence-electron chi connectivity index (χ4n) is 2.45. The van der Waals surface area contributed by atoms with Crippen molar-refractivity contribution in [2.24, 2.45) is 0 Å². The Bertz CT molecular complexity index is 598. The number of nitrogens with one attached hydrogen (secondary N) is 1. The van der Waals surface area contributed by atoms with Crippen molar-refractivity contribution in [1.82, 2.24) is 5.32 Å². The third kappa shape index (κ3) is 4.13. The second-order valence-corrected chi connectivity index (χ2v) is 5.31. The van der Waals surface area contributed by atoms with Crippen LogP contribution in [0.2, 0.25) is 0 Å². The second-order valence-electron chi connectivity index (χ2n) is 5.31. The van der Waals surface area contributed by atoms with Crippen molar-refractivity contribution in [2.45, 2.75) is 26.5 Å². The van der Waals surface area contributed by atoms with Crippen LogP contribution in [0.1, 0.15) is 28.3 Å². The fraction of sp³-hybridized carbons (Fsp3) is 0.333. The summed E-state index contributed by atoms with van der Waals surface area (Å²) >= 11 is 0. The maximum Gasteiger partial charge on any atom is 0.128 e. The second kappa shape index (κ2) is 7.34. The lowest BCUT2D eigenvalue weighted by Crippen LogP contribution is -2.22. The van der Waals surface area contributed by atoms with Crippen LogP contribution in [0.4, 0.5) is 4.39 Å². The molecular formula is C18H22FNO. The van der Waals surface area contributed by atoms with Crippen LogP contribution in [0.15, 0.2) is 42.5 Å². The van der Waals surface area contributed by atoms with Crippen molar-refractivity contribution in [3.8, 4) is 0 Å². The van der Waals surface area contributed by atoms with E-state index in [1.54, 1.807) is 12.1 Å². The zero-order chi connectivity index (χ0) is 15.2. The first-order valence-corrected chi connectivity index (χ1v) is 7.17. The van der Waals surface area contributed by atoms with E-state index < -0.39 is 0 Å². The van der Waals surface area contributed by atoms with Gasteiger partial charge in [0.05, 0.1) is 19.3 Å². The molecule has 1 unspecified atom stereocenters. The highest BCUT2D eigenvalue weighted by molar-refractivity contribution is 5.32. The number of benzene rings is 2. The topological polar surface area (TPSA) is 21.3 Å². The number of aryl methyl sites for hydroxylation is 2. The van der Waals surface area contributed by atoms with Gasteiger partial charge in [0.2, 0.25) is 0 Å². The third-order valence-corrected chi connectivity index (χ3v) is 3.65. The minimum atomic E-state index is -0.218. The van der Waals surface area contributed by atoms with Crippen LogP contribution in [0.25, 0.3) is 0 Å². The smallest absolute Gasteiger partial charge is 0.128 e. The molecule has 0 heterocycles. The van der Waals surface area contributed by atoms with E-state index in [2.05, 4.69) is 37.4 Å². The number of likely N-dealkylation sites (N-methyl/N-ethyl adjacent to an activating group) is 1. The van der Waals surface area contributed by atoms with Gasteiger partial charge in [-0.15, -0.1) is 0 Å². The molecule has 0 aliphatic heterocycles. The molecule has 0 spiro atoms. The summed E-state index contributed by atoms with van der Waals surface area (Å²) in [4.78, 5) is 0. The SMILES string of the molecule is CNC(COCc1ccccc1F)c1ccc(C)cc1C. The summed E-state index contributed by atoms with van der Waals surface area (Å²) in [7, 11) is 1.91. The molecule has 112 valence electrons. The monoisotopic (exact) mass is 287 g/mol. The van der Waals surface area contributed by atoms with Crippen LogP contribution in [0, 0.1) is 19.7 Å². The van der Waals surface area contributed by atoms with E-state index >= 15 is 0 Å². The molecule has 0 aliphatic carbocycles. The van der Waals surface area contributed by atoms with Gasteiger partial charge in [-0.2, -0.15) is 0 Å². The Morgan fingerprint density at radius 3 is 2.57 bits per heavy atom. The molecule has 2 nitrogen and oxygen atoms in total. The molecule has 0 fully saturated rings. The quantitative estimate of drug-likeness (QED) is 0.869. The van der Waals surface area contributed by atoms with E-state index in [0.717, 1.165) is 0 Å². The molecule has 0 saturated heterocycles. The largest absolute Gasteiger partial charge is 0.375 e. The fourth-order valence-corrected chi connectivity index (χ4v) is 2.45. The number of rotatable bonds is 6. The summed E-state index contributed by atoms with van der Waals surface area (Å²) in [5.41, 5.74) is 4.30. The minimum Gasteiger partial charge on any atom is -0.375 e. The highest BCUT2D eigenvalue weighted by Gasteiger charge is 2.12. The van der Waals surface area contributed by atoms with Crippen LogP contribution in [-0.4, -0.2) is 13.7 Å². The van der Waals surface area contributed by atoms with Gasteiger partial charge in [0.15, 0.2) is 0 Å².